The molecule has 0 radical (unpaired) electrons. The molecule has 0 unspecified atom stereocenters. The molecule has 1 heterocycles. The highest BCUT2D eigenvalue weighted by Crippen LogP contribution is 2.06. The van der Waals surface area contributed by atoms with E-state index in [9.17, 15) is 4.79 Å². The van der Waals surface area contributed by atoms with Crippen LogP contribution >= 0.6 is 0 Å². The molecule has 0 aliphatic carbocycles. The lowest BCUT2D eigenvalue weighted by Crippen LogP contribution is -2.22. The van der Waals surface area contributed by atoms with E-state index in [4.69, 9.17) is 4.74 Å². The molecule has 0 saturated carbocycles. The zero-order valence-electron chi connectivity index (χ0n) is 9.94. The molecule has 5 heteroatoms. The fraction of sp³-hybridized carbons (Fsp3) is 0.545. The van der Waals surface area contributed by atoms with Crippen LogP contribution in [0.5, 0.6) is 0 Å². The van der Waals surface area contributed by atoms with Gasteiger partial charge in [-0.05, 0) is 33.6 Å². The fourth-order valence-corrected chi connectivity index (χ4v) is 0.926. The van der Waals surface area contributed by atoms with Crippen LogP contribution in [0.3, 0.4) is 0 Å². The van der Waals surface area contributed by atoms with Crippen molar-refractivity contribution in [2.75, 3.05) is 0 Å². The average Bonchev–Trinajstić information content (AvgIpc) is 2.59. The molecule has 0 saturated heterocycles. The fourth-order valence-electron chi connectivity index (χ4n) is 0.926. The summed E-state index contributed by atoms with van der Waals surface area (Å²) in [5.41, 5.74) is -0.0556. The van der Waals surface area contributed by atoms with E-state index in [1.165, 1.54) is 11.0 Å². The third-order valence-electron chi connectivity index (χ3n) is 1.51. The molecule has 0 fully saturated rings. The molecule has 16 heavy (non-hydrogen) atoms. The summed E-state index contributed by atoms with van der Waals surface area (Å²) in [6.45, 7) is 7.97. The van der Waals surface area contributed by atoms with Crippen LogP contribution in [0.4, 0.5) is 0 Å². The zero-order chi connectivity index (χ0) is 12.2. The Morgan fingerprint density at radius 1 is 1.56 bits per heavy atom. The van der Waals surface area contributed by atoms with Gasteiger partial charge in [-0.15, -0.1) is 5.10 Å². The van der Waals surface area contributed by atoms with Gasteiger partial charge in [-0.1, -0.05) is 0 Å². The average molecular weight is 221 g/mol. The number of aromatic nitrogens is 3. The van der Waals surface area contributed by atoms with E-state index in [2.05, 4.69) is 22.0 Å². The summed E-state index contributed by atoms with van der Waals surface area (Å²) in [5, 5.41) is 7.96. The molecule has 0 N–H and O–H groups in total. The first kappa shape index (κ1) is 12.2. The molecule has 1 rings (SSSR count). The van der Waals surface area contributed by atoms with Crippen LogP contribution in [0.25, 0.3) is 0 Å². The van der Waals surface area contributed by atoms with Crippen molar-refractivity contribution in [3.8, 4) is 11.8 Å². The number of esters is 1. The molecule has 0 aromatic carbocycles. The SMILES string of the molecule is CCn1ncc(C#CC(=O)OC(C)(C)C)n1. The highest BCUT2D eigenvalue weighted by Gasteiger charge is 2.14. The quantitative estimate of drug-likeness (QED) is 0.524. The molecule has 0 aliphatic rings. The van der Waals surface area contributed by atoms with Crippen molar-refractivity contribution in [3.63, 3.8) is 0 Å². The van der Waals surface area contributed by atoms with E-state index in [1.54, 1.807) is 20.8 Å². The minimum atomic E-state index is -0.557. The van der Waals surface area contributed by atoms with Gasteiger partial charge in [0.2, 0.25) is 0 Å². The van der Waals surface area contributed by atoms with Crippen molar-refractivity contribution in [2.45, 2.75) is 39.8 Å². The van der Waals surface area contributed by atoms with Crippen LogP contribution in [0.2, 0.25) is 0 Å². The minimum absolute atomic E-state index is 0.465. The lowest BCUT2D eigenvalue weighted by Gasteiger charge is -2.16. The molecule has 0 spiro atoms. The van der Waals surface area contributed by atoms with Crippen LogP contribution in [0, 0.1) is 11.8 Å². The normalized spacial score (nSPS) is 10.5. The maximum atomic E-state index is 11.3. The first-order chi connectivity index (χ1) is 7.40. The van der Waals surface area contributed by atoms with Gasteiger partial charge >= 0.3 is 5.97 Å². The van der Waals surface area contributed by atoms with Gasteiger partial charge in [-0.2, -0.15) is 9.90 Å². The van der Waals surface area contributed by atoms with Gasteiger partial charge in [0.15, 0.2) is 5.69 Å². The van der Waals surface area contributed by atoms with Gasteiger partial charge in [-0.25, -0.2) is 4.79 Å². The van der Waals surface area contributed by atoms with Gasteiger partial charge in [-0.3, -0.25) is 0 Å². The van der Waals surface area contributed by atoms with Gasteiger partial charge < -0.3 is 4.74 Å². The smallest absolute Gasteiger partial charge is 0.385 e. The summed E-state index contributed by atoms with van der Waals surface area (Å²) in [4.78, 5) is 12.8. The molecule has 86 valence electrons. The van der Waals surface area contributed by atoms with Crippen LogP contribution in [-0.4, -0.2) is 26.6 Å². The number of nitrogens with zero attached hydrogens (tertiary/aromatic N) is 3. The van der Waals surface area contributed by atoms with Crippen LogP contribution < -0.4 is 0 Å². The summed E-state index contributed by atoms with van der Waals surface area (Å²) >= 11 is 0. The third-order valence-corrected chi connectivity index (χ3v) is 1.51. The third kappa shape index (κ3) is 4.13. The van der Waals surface area contributed by atoms with Gasteiger partial charge in [0.25, 0.3) is 0 Å². The number of carbonyl (C=O) groups is 1. The maximum absolute atomic E-state index is 11.3. The molecule has 0 bridgehead atoms. The molecular formula is C11H15N3O2. The standard InChI is InChI=1S/C11H15N3O2/c1-5-14-12-8-9(13-14)6-7-10(15)16-11(2,3)4/h8H,5H2,1-4H3. The second kappa shape index (κ2) is 4.79. The van der Waals surface area contributed by atoms with E-state index in [-0.39, 0.29) is 0 Å². The number of aryl methyl sites for hydroxylation is 1. The van der Waals surface area contributed by atoms with Gasteiger partial charge in [0.1, 0.15) is 5.60 Å². The van der Waals surface area contributed by atoms with Crippen LogP contribution in [-0.2, 0) is 16.1 Å². The second-order valence-electron chi connectivity index (χ2n) is 4.17. The Labute approximate surface area is 94.8 Å². The Bertz CT molecular complexity index is 432. The van der Waals surface area contributed by atoms with Gasteiger partial charge in [0.05, 0.1) is 12.7 Å². The lowest BCUT2D eigenvalue weighted by atomic mass is 10.2. The molecule has 1 aromatic heterocycles. The molecule has 0 aliphatic heterocycles. The minimum Gasteiger partial charge on any atom is -0.450 e. The molecule has 0 atom stereocenters. The Hall–Kier alpha value is -1.83. The maximum Gasteiger partial charge on any atom is 0.385 e. The Morgan fingerprint density at radius 3 is 2.75 bits per heavy atom. The van der Waals surface area contributed by atoms with Crippen molar-refractivity contribution < 1.29 is 9.53 Å². The largest absolute Gasteiger partial charge is 0.450 e. The molecule has 1 aromatic rings. The zero-order valence-corrected chi connectivity index (χ0v) is 9.94. The Kier molecular flexibility index (Phi) is 3.67. The van der Waals surface area contributed by atoms with E-state index >= 15 is 0 Å². The first-order valence-electron chi connectivity index (χ1n) is 5.06. The Balaban J connectivity index is 2.64. The van der Waals surface area contributed by atoms with Crippen LogP contribution in [0.1, 0.15) is 33.4 Å². The van der Waals surface area contributed by atoms with E-state index in [0.717, 1.165) is 0 Å². The number of carbonyl (C=O) groups excluding carboxylic acids is 1. The van der Waals surface area contributed by atoms with Crippen molar-refractivity contribution >= 4 is 5.97 Å². The van der Waals surface area contributed by atoms with Crippen molar-refractivity contribution in [1.29, 1.82) is 0 Å². The highest BCUT2D eigenvalue weighted by molar-refractivity contribution is 5.89. The summed E-state index contributed by atoms with van der Waals surface area (Å²) in [6.07, 6.45) is 1.51. The predicted molar refractivity (Wildman–Crippen MR) is 58.4 cm³/mol. The molecular weight excluding hydrogens is 206 g/mol. The second-order valence-corrected chi connectivity index (χ2v) is 4.17. The molecule has 5 nitrogen and oxygen atoms in total. The topological polar surface area (TPSA) is 57.0 Å². The van der Waals surface area contributed by atoms with Crippen molar-refractivity contribution in [2.24, 2.45) is 0 Å². The summed E-state index contributed by atoms with van der Waals surface area (Å²) < 4.78 is 5.03. The number of hydrogen-bond donors (Lipinski definition) is 0. The summed E-state index contributed by atoms with van der Waals surface area (Å²) in [5.74, 6) is 4.41. The first-order valence-corrected chi connectivity index (χ1v) is 5.06. The number of ether oxygens (including phenoxy) is 1. The van der Waals surface area contributed by atoms with Gasteiger partial charge in [0, 0.05) is 5.92 Å². The van der Waals surface area contributed by atoms with E-state index < -0.39 is 11.6 Å². The van der Waals surface area contributed by atoms with Crippen LogP contribution in [0.15, 0.2) is 6.20 Å². The Morgan fingerprint density at radius 2 is 2.25 bits per heavy atom. The summed E-state index contributed by atoms with van der Waals surface area (Å²) in [6, 6.07) is 0. The molecule has 0 amide bonds. The van der Waals surface area contributed by atoms with E-state index in [0.29, 0.717) is 12.2 Å². The van der Waals surface area contributed by atoms with E-state index in [1.807, 2.05) is 6.92 Å². The van der Waals surface area contributed by atoms with Crippen molar-refractivity contribution in [3.05, 3.63) is 11.9 Å². The predicted octanol–water partition coefficient (Wildman–Crippen LogP) is 0.991. The highest BCUT2D eigenvalue weighted by atomic mass is 16.6. The lowest BCUT2D eigenvalue weighted by molar-refractivity contribution is -0.147. The summed E-state index contributed by atoms with van der Waals surface area (Å²) in [7, 11) is 0. The monoisotopic (exact) mass is 221 g/mol. The van der Waals surface area contributed by atoms with Crippen molar-refractivity contribution in [1.82, 2.24) is 15.0 Å². The number of hydrogen-bond acceptors (Lipinski definition) is 4. The number of rotatable bonds is 1.